The third-order valence-electron chi connectivity index (χ3n) is 3.76. The molecule has 26 heavy (non-hydrogen) atoms. The lowest BCUT2D eigenvalue weighted by Gasteiger charge is -2.12. The van der Waals surface area contributed by atoms with Crippen molar-refractivity contribution in [3.63, 3.8) is 0 Å². The van der Waals surface area contributed by atoms with Crippen LogP contribution in [0.5, 0.6) is 5.75 Å². The van der Waals surface area contributed by atoms with E-state index in [9.17, 15) is 9.59 Å². The Morgan fingerprint density at radius 3 is 2.50 bits per heavy atom. The first-order valence-electron chi connectivity index (χ1n) is 8.04. The molecule has 1 heterocycles. The number of nitrogens with one attached hydrogen (secondary N) is 1. The summed E-state index contributed by atoms with van der Waals surface area (Å²) in [7, 11) is 0. The second kappa shape index (κ2) is 8.31. The molecule has 3 N–H and O–H groups in total. The number of primary amides is 1. The van der Waals surface area contributed by atoms with E-state index in [1.165, 1.54) is 17.4 Å². The van der Waals surface area contributed by atoms with E-state index < -0.39 is 5.91 Å². The van der Waals surface area contributed by atoms with E-state index in [1.54, 1.807) is 5.38 Å². The second-order valence-electron chi connectivity index (χ2n) is 5.63. The molecule has 0 atom stereocenters. The number of hydrogen-bond donors (Lipinski definition) is 2. The Morgan fingerprint density at radius 2 is 1.77 bits per heavy atom. The minimum Gasteiger partial charge on any atom is -0.489 e. The Balaban J connectivity index is 1.62. The molecule has 0 aliphatic rings. The first-order chi connectivity index (χ1) is 12.6. The Labute approximate surface area is 155 Å². The molecule has 6 heteroatoms. The second-order valence-corrected chi connectivity index (χ2v) is 6.54. The van der Waals surface area contributed by atoms with E-state index >= 15 is 0 Å². The number of rotatable bonds is 7. The van der Waals surface area contributed by atoms with Gasteiger partial charge in [-0.15, -0.1) is 11.3 Å². The smallest absolute Gasteiger partial charge is 0.261 e. The van der Waals surface area contributed by atoms with Crippen LogP contribution in [0, 0.1) is 0 Å². The number of para-hydroxylation sites is 1. The number of hydrogen-bond acceptors (Lipinski definition) is 4. The van der Waals surface area contributed by atoms with Gasteiger partial charge in [-0.3, -0.25) is 9.59 Å². The van der Waals surface area contributed by atoms with Crippen molar-refractivity contribution in [1.82, 2.24) is 5.32 Å². The lowest BCUT2D eigenvalue weighted by Crippen LogP contribution is -2.22. The number of amides is 2. The van der Waals surface area contributed by atoms with Gasteiger partial charge in [0.1, 0.15) is 12.4 Å². The van der Waals surface area contributed by atoms with Crippen LogP contribution in [0.2, 0.25) is 0 Å². The van der Waals surface area contributed by atoms with E-state index in [1.807, 2.05) is 54.6 Å². The van der Waals surface area contributed by atoms with Gasteiger partial charge in [0.25, 0.3) is 5.91 Å². The zero-order valence-corrected chi connectivity index (χ0v) is 14.8. The van der Waals surface area contributed by atoms with Gasteiger partial charge in [-0.1, -0.05) is 48.5 Å². The first kappa shape index (κ1) is 17.7. The van der Waals surface area contributed by atoms with Crippen molar-refractivity contribution in [2.75, 3.05) is 0 Å². The van der Waals surface area contributed by atoms with Gasteiger partial charge < -0.3 is 15.8 Å². The molecule has 132 valence electrons. The molecular formula is C20H18N2O3S. The lowest BCUT2D eigenvalue weighted by atomic mass is 10.2. The molecule has 0 saturated heterocycles. The Morgan fingerprint density at radius 1 is 1.04 bits per heavy atom. The summed E-state index contributed by atoms with van der Waals surface area (Å²) in [5.41, 5.74) is 7.50. The van der Waals surface area contributed by atoms with Gasteiger partial charge in [-0.25, -0.2) is 0 Å². The topological polar surface area (TPSA) is 81.4 Å². The molecule has 2 amide bonds. The molecule has 0 fully saturated rings. The van der Waals surface area contributed by atoms with Crippen molar-refractivity contribution in [1.29, 1.82) is 0 Å². The maximum atomic E-state index is 12.3. The number of benzene rings is 2. The summed E-state index contributed by atoms with van der Waals surface area (Å²) in [5, 5.41) is 4.42. The third kappa shape index (κ3) is 4.49. The number of carbonyl (C=O) groups excluding carboxylic acids is 2. The Bertz CT molecular complexity index is 906. The summed E-state index contributed by atoms with van der Waals surface area (Å²) in [6.45, 7) is 0.784. The van der Waals surface area contributed by atoms with Crippen molar-refractivity contribution in [3.8, 4) is 5.75 Å². The van der Waals surface area contributed by atoms with Gasteiger partial charge in [0, 0.05) is 17.5 Å². The van der Waals surface area contributed by atoms with Gasteiger partial charge in [0.2, 0.25) is 5.91 Å². The molecule has 0 spiro atoms. The Kier molecular flexibility index (Phi) is 5.66. The fourth-order valence-electron chi connectivity index (χ4n) is 2.37. The normalized spacial score (nSPS) is 10.3. The van der Waals surface area contributed by atoms with Crippen molar-refractivity contribution in [3.05, 3.63) is 87.6 Å². The van der Waals surface area contributed by atoms with Gasteiger partial charge in [-0.05, 0) is 17.7 Å². The average Bonchev–Trinajstić information content (AvgIpc) is 3.16. The number of nitrogens with two attached hydrogens (primary N) is 1. The maximum absolute atomic E-state index is 12.3. The zero-order chi connectivity index (χ0) is 18.4. The molecule has 0 saturated carbocycles. The molecule has 0 aliphatic carbocycles. The molecule has 2 aromatic carbocycles. The number of ether oxygens (including phenoxy) is 1. The molecule has 3 rings (SSSR count). The lowest BCUT2D eigenvalue weighted by molar-refractivity contribution is 0.0954. The monoisotopic (exact) mass is 366 g/mol. The highest BCUT2D eigenvalue weighted by atomic mass is 32.1. The van der Waals surface area contributed by atoms with E-state index in [-0.39, 0.29) is 5.91 Å². The van der Waals surface area contributed by atoms with Crippen LogP contribution in [0.15, 0.2) is 66.0 Å². The minimum atomic E-state index is -0.542. The summed E-state index contributed by atoms with van der Waals surface area (Å²) in [4.78, 5) is 23.8. The highest BCUT2D eigenvalue weighted by Gasteiger charge is 2.12. The molecule has 0 bridgehead atoms. The largest absolute Gasteiger partial charge is 0.489 e. The molecule has 0 aliphatic heterocycles. The van der Waals surface area contributed by atoms with E-state index in [2.05, 4.69) is 5.32 Å². The molecule has 0 radical (unpaired) electrons. The van der Waals surface area contributed by atoms with Crippen LogP contribution in [0.1, 0.15) is 31.2 Å². The average molecular weight is 366 g/mol. The summed E-state index contributed by atoms with van der Waals surface area (Å²) >= 11 is 1.19. The van der Waals surface area contributed by atoms with Crippen LogP contribution in [0.4, 0.5) is 0 Å². The van der Waals surface area contributed by atoms with Gasteiger partial charge in [-0.2, -0.15) is 0 Å². The van der Waals surface area contributed by atoms with Crippen molar-refractivity contribution in [2.24, 2.45) is 5.73 Å². The predicted molar refractivity (Wildman–Crippen MR) is 101 cm³/mol. The van der Waals surface area contributed by atoms with E-state index in [0.717, 1.165) is 16.9 Å². The maximum Gasteiger partial charge on any atom is 0.261 e. The van der Waals surface area contributed by atoms with Crippen LogP contribution in [-0.2, 0) is 13.2 Å². The standard InChI is InChI=1S/C20H18N2O3S/c21-19(23)16-10-18(26-13-16)20(24)22-11-15-8-4-5-9-17(15)25-12-14-6-2-1-3-7-14/h1-10,13H,11-12H2,(H2,21,23)(H,22,24). The Hall–Kier alpha value is -3.12. The fraction of sp³-hybridized carbons (Fsp3) is 0.100. The predicted octanol–water partition coefficient (Wildman–Crippen LogP) is 3.36. The highest BCUT2D eigenvalue weighted by Crippen LogP contribution is 2.20. The zero-order valence-electron chi connectivity index (χ0n) is 14.0. The van der Waals surface area contributed by atoms with Crippen LogP contribution < -0.4 is 15.8 Å². The van der Waals surface area contributed by atoms with Crippen LogP contribution in [-0.4, -0.2) is 11.8 Å². The minimum absolute atomic E-state index is 0.250. The highest BCUT2D eigenvalue weighted by molar-refractivity contribution is 7.12. The summed E-state index contributed by atoms with van der Waals surface area (Å²) in [6, 6.07) is 19.0. The summed E-state index contributed by atoms with van der Waals surface area (Å²) < 4.78 is 5.89. The third-order valence-corrected chi connectivity index (χ3v) is 4.69. The number of carbonyl (C=O) groups is 2. The first-order valence-corrected chi connectivity index (χ1v) is 8.92. The van der Waals surface area contributed by atoms with Crippen LogP contribution >= 0.6 is 11.3 Å². The van der Waals surface area contributed by atoms with Gasteiger partial charge >= 0.3 is 0 Å². The quantitative estimate of drug-likeness (QED) is 0.673. The SMILES string of the molecule is NC(=O)c1csc(C(=O)NCc2ccccc2OCc2ccccc2)c1. The van der Waals surface area contributed by atoms with E-state index in [4.69, 9.17) is 10.5 Å². The molecule has 0 unspecified atom stereocenters. The summed E-state index contributed by atoms with van der Waals surface area (Å²) in [6.07, 6.45) is 0. The van der Waals surface area contributed by atoms with Crippen LogP contribution in [0.25, 0.3) is 0 Å². The van der Waals surface area contributed by atoms with Gasteiger partial charge in [0.15, 0.2) is 0 Å². The molecule has 3 aromatic rings. The van der Waals surface area contributed by atoms with Crippen molar-refractivity contribution < 1.29 is 14.3 Å². The van der Waals surface area contributed by atoms with Crippen molar-refractivity contribution in [2.45, 2.75) is 13.2 Å². The molecule has 1 aromatic heterocycles. The molecule has 5 nitrogen and oxygen atoms in total. The van der Waals surface area contributed by atoms with Gasteiger partial charge in [0.05, 0.1) is 10.4 Å². The van der Waals surface area contributed by atoms with Crippen molar-refractivity contribution >= 4 is 23.2 Å². The molecular weight excluding hydrogens is 348 g/mol. The fourth-order valence-corrected chi connectivity index (χ4v) is 3.19. The van der Waals surface area contributed by atoms with Crippen LogP contribution in [0.3, 0.4) is 0 Å². The summed E-state index contributed by atoms with van der Waals surface area (Å²) in [5.74, 6) is -0.0685. The number of thiophene rings is 1. The van der Waals surface area contributed by atoms with E-state index in [0.29, 0.717) is 23.6 Å².